The van der Waals surface area contributed by atoms with Crippen LogP contribution >= 0.6 is 0 Å². The van der Waals surface area contributed by atoms with Crippen LogP contribution in [0.1, 0.15) is 25.7 Å². The number of nitrogen functional groups attached to an aromatic ring is 1. The fourth-order valence-corrected chi connectivity index (χ4v) is 3.05. The van der Waals surface area contributed by atoms with E-state index in [1.54, 1.807) is 6.20 Å². The molecule has 1 saturated carbocycles. The molecule has 1 aliphatic carbocycles. The molecule has 20 heavy (non-hydrogen) atoms. The lowest BCUT2D eigenvalue weighted by molar-refractivity contribution is 0.105. The summed E-state index contributed by atoms with van der Waals surface area (Å²) in [6, 6.07) is 8.01. The summed E-state index contributed by atoms with van der Waals surface area (Å²) in [5.41, 5.74) is 8.66. The molecular weight excluding hydrogens is 250 g/mol. The minimum atomic E-state index is -0.137. The summed E-state index contributed by atoms with van der Waals surface area (Å²) in [7, 11) is 0. The molecule has 106 valence electrons. The van der Waals surface area contributed by atoms with Gasteiger partial charge in [-0.05, 0) is 31.2 Å². The van der Waals surface area contributed by atoms with E-state index in [0.29, 0.717) is 11.6 Å². The topological polar surface area (TPSA) is 71.2 Å². The number of hydrogen-bond acceptors (Lipinski definition) is 4. The van der Waals surface area contributed by atoms with Gasteiger partial charge in [0.2, 0.25) is 0 Å². The predicted octanol–water partition coefficient (Wildman–Crippen LogP) is 2.78. The van der Waals surface area contributed by atoms with Crippen LogP contribution in [0, 0.1) is 5.92 Å². The number of nitrogens with one attached hydrogen (secondary N) is 1. The number of hydrogen-bond donors (Lipinski definition) is 3. The van der Waals surface area contributed by atoms with E-state index in [1.807, 2.05) is 24.3 Å². The third-order valence-corrected chi connectivity index (χ3v) is 4.13. The van der Waals surface area contributed by atoms with Gasteiger partial charge < -0.3 is 16.2 Å². The Morgan fingerprint density at radius 1 is 1.30 bits per heavy atom. The second kappa shape index (κ2) is 5.67. The number of para-hydroxylation sites is 1. The third-order valence-electron chi connectivity index (χ3n) is 4.13. The van der Waals surface area contributed by atoms with Gasteiger partial charge in [0.05, 0.1) is 29.2 Å². The van der Waals surface area contributed by atoms with Crippen LogP contribution < -0.4 is 11.1 Å². The second-order valence-electron chi connectivity index (χ2n) is 5.67. The predicted molar refractivity (Wildman–Crippen MR) is 82.6 cm³/mol. The maximum Gasteiger partial charge on any atom is 0.0743 e. The summed E-state index contributed by atoms with van der Waals surface area (Å²) in [5.74, 6) is 0.519. The molecule has 1 aliphatic rings. The molecule has 1 aromatic carbocycles. The van der Waals surface area contributed by atoms with E-state index >= 15 is 0 Å². The summed E-state index contributed by atoms with van der Waals surface area (Å²) in [4.78, 5) is 4.34. The minimum absolute atomic E-state index is 0.137. The van der Waals surface area contributed by atoms with E-state index in [1.165, 1.54) is 6.42 Å². The van der Waals surface area contributed by atoms with Gasteiger partial charge in [0.1, 0.15) is 0 Å². The van der Waals surface area contributed by atoms with Crippen molar-refractivity contribution >= 4 is 22.3 Å². The highest BCUT2D eigenvalue weighted by molar-refractivity contribution is 5.96. The SMILES string of the molecule is Nc1cnc2ccccc2c1NCC1CCCC(O)C1. The number of aliphatic hydroxyl groups excluding tert-OH is 1. The quantitative estimate of drug-likeness (QED) is 0.802. The van der Waals surface area contributed by atoms with Gasteiger partial charge in [-0.1, -0.05) is 24.6 Å². The number of aliphatic hydroxyl groups is 1. The van der Waals surface area contributed by atoms with Crippen molar-refractivity contribution in [3.63, 3.8) is 0 Å². The fraction of sp³-hybridized carbons (Fsp3) is 0.438. The zero-order valence-corrected chi connectivity index (χ0v) is 11.5. The van der Waals surface area contributed by atoms with E-state index in [9.17, 15) is 5.11 Å². The Labute approximate surface area is 119 Å². The van der Waals surface area contributed by atoms with Crippen LogP contribution in [0.5, 0.6) is 0 Å². The highest BCUT2D eigenvalue weighted by atomic mass is 16.3. The van der Waals surface area contributed by atoms with Gasteiger partial charge in [-0.25, -0.2) is 0 Å². The summed E-state index contributed by atoms with van der Waals surface area (Å²) in [6.07, 6.45) is 5.68. The van der Waals surface area contributed by atoms with E-state index in [-0.39, 0.29) is 6.10 Å². The van der Waals surface area contributed by atoms with Gasteiger partial charge in [0.25, 0.3) is 0 Å². The highest BCUT2D eigenvalue weighted by Gasteiger charge is 2.20. The molecule has 2 unspecified atom stereocenters. The number of anilines is 2. The van der Waals surface area contributed by atoms with Gasteiger partial charge in [-0.15, -0.1) is 0 Å². The van der Waals surface area contributed by atoms with Gasteiger partial charge in [0, 0.05) is 11.9 Å². The van der Waals surface area contributed by atoms with Gasteiger partial charge in [-0.2, -0.15) is 0 Å². The third kappa shape index (κ3) is 2.70. The maximum atomic E-state index is 9.74. The largest absolute Gasteiger partial charge is 0.396 e. The zero-order valence-electron chi connectivity index (χ0n) is 11.5. The highest BCUT2D eigenvalue weighted by Crippen LogP contribution is 2.29. The lowest BCUT2D eigenvalue weighted by Gasteiger charge is -2.26. The Kier molecular flexibility index (Phi) is 3.74. The van der Waals surface area contributed by atoms with Crippen LogP contribution in [0.2, 0.25) is 0 Å². The molecule has 0 bridgehead atoms. The molecule has 1 heterocycles. The van der Waals surface area contributed by atoms with Gasteiger partial charge in [-0.3, -0.25) is 4.98 Å². The first-order chi connectivity index (χ1) is 9.74. The zero-order chi connectivity index (χ0) is 13.9. The first kappa shape index (κ1) is 13.2. The van der Waals surface area contributed by atoms with Crippen LogP contribution in [0.4, 0.5) is 11.4 Å². The number of aromatic nitrogens is 1. The molecule has 0 radical (unpaired) electrons. The van der Waals surface area contributed by atoms with Crippen molar-refractivity contribution in [2.75, 3.05) is 17.6 Å². The maximum absolute atomic E-state index is 9.74. The number of pyridine rings is 1. The van der Waals surface area contributed by atoms with Crippen molar-refractivity contribution in [3.05, 3.63) is 30.5 Å². The first-order valence-electron chi connectivity index (χ1n) is 7.29. The molecule has 0 spiro atoms. The molecule has 4 nitrogen and oxygen atoms in total. The fourth-order valence-electron chi connectivity index (χ4n) is 3.05. The number of nitrogens with two attached hydrogens (primary N) is 1. The molecule has 2 atom stereocenters. The van der Waals surface area contributed by atoms with Crippen molar-refractivity contribution in [1.29, 1.82) is 0 Å². The molecule has 0 saturated heterocycles. The molecule has 2 aromatic rings. The molecule has 1 fully saturated rings. The number of nitrogens with zero attached hydrogens (tertiary/aromatic N) is 1. The number of benzene rings is 1. The van der Waals surface area contributed by atoms with Crippen LogP contribution in [-0.2, 0) is 0 Å². The lowest BCUT2D eigenvalue weighted by atomic mass is 9.87. The molecular formula is C16H21N3O. The van der Waals surface area contributed by atoms with E-state index < -0.39 is 0 Å². The molecule has 1 aromatic heterocycles. The molecule has 0 aliphatic heterocycles. The van der Waals surface area contributed by atoms with E-state index in [0.717, 1.165) is 42.4 Å². The Morgan fingerprint density at radius 2 is 2.15 bits per heavy atom. The normalized spacial score (nSPS) is 22.9. The Hall–Kier alpha value is -1.81. The summed E-state index contributed by atoms with van der Waals surface area (Å²) in [5, 5.41) is 14.3. The van der Waals surface area contributed by atoms with Crippen molar-refractivity contribution in [2.24, 2.45) is 5.92 Å². The first-order valence-corrected chi connectivity index (χ1v) is 7.29. The average Bonchev–Trinajstić information content (AvgIpc) is 2.46. The van der Waals surface area contributed by atoms with Crippen LogP contribution in [0.25, 0.3) is 10.9 Å². The monoisotopic (exact) mass is 271 g/mol. The molecule has 3 rings (SSSR count). The van der Waals surface area contributed by atoms with Gasteiger partial charge >= 0.3 is 0 Å². The van der Waals surface area contributed by atoms with Gasteiger partial charge in [0.15, 0.2) is 0 Å². The molecule has 0 amide bonds. The minimum Gasteiger partial charge on any atom is -0.396 e. The van der Waals surface area contributed by atoms with E-state index in [2.05, 4.69) is 10.3 Å². The smallest absolute Gasteiger partial charge is 0.0743 e. The van der Waals surface area contributed by atoms with Crippen molar-refractivity contribution in [3.8, 4) is 0 Å². The van der Waals surface area contributed by atoms with Crippen molar-refractivity contribution in [1.82, 2.24) is 4.98 Å². The number of fused-ring (bicyclic) bond motifs is 1. The Morgan fingerprint density at radius 3 is 3.00 bits per heavy atom. The summed E-state index contributed by atoms with van der Waals surface area (Å²) < 4.78 is 0. The van der Waals surface area contributed by atoms with Crippen LogP contribution in [0.3, 0.4) is 0 Å². The average molecular weight is 271 g/mol. The second-order valence-corrected chi connectivity index (χ2v) is 5.67. The molecule has 4 N–H and O–H groups in total. The van der Waals surface area contributed by atoms with Crippen molar-refractivity contribution < 1.29 is 5.11 Å². The van der Waals surface area contributed by atoms with Crippen LogP contribution in [-0.4, -0.2) is 22.7 Å². The Bertz CT molecular complexity index is 599. The Balaban J connectivity index is 1.78. The standard InChI is InChI=1S/C16H21N3O/c17-14-10-18-15-7-2-1-6-13(15)16(14)19-9-11-4-3-5-12(20)8-11/h1-2,6-7,10-12,20H,3-5,8-9,17H2,(H,18,19). The summed E-state index contributed by atoms with van der Waals surface area (Å²) >= 11 is 0. The summed E-state index contributed by atoms with van der Waals surface area (Å²) in [6.45, 7) is 0.856. The van der Waals surface area contributed by atoms with Crippen molar-refractivity contribution in [2.45, 2.75) is 31.8 Å². The van der Waals surface area contributed by atoms with E-state index in [4.69, 9.17) is 5.73 Å². The molecule has 4 heteroatoms. The number of rotatable bonds is 3. The van der Waals surface area contributed by atoms with Crippen LogP contribution in [0.15, 0.2) is 30.5 Å². The lowest BCUT2D eigenvalue weighted by Crippen LogP contribution is -2.25.